The van der Waals surface area contributed by atoms with Gasteiger partial charge in [0.1, 0.15) is 0 Å². The number of halogens is 1. The van der Waals surface area contributed by atoms with Crippen LogP contribution in [0.25, 0.3) is 11.3 Å². The average Bonchev–Trinajstić information content (AvgIpc) is 3.09. The van der Waals surface area contributed by atoms with Crippen LogP contribution in [-0.2, 0) is 0 Å². The highest BCUT2D eigenvalue weighted by Crippen LogP contribution is 2.33. The molecule has 0 aliphatic carbocycles. The molecule has 3 rings (SSSR count). The van der Waals surface area contributed by atoms with Gasteiger partial charge in [-0.3, -0.25) is 10.1 Å². The van der Waals surface area contributed by atoms with Gasteiger partial charge in [-0.25, -0.2) is 4.98 Å². The lowest BCUT2D eigenvalue weighted by atomic mass is 10.1. The van der Waals surface area contributed by atoms with E-state index in [4.69, 9.17) is 21.1 Å². The largest absolute Gasteiger partial charge is 0.493 e. The molecule has 0 fully saturated rings. The molecule has 3 aromatic rings. The fourth-order valence-corrected chi connectivity index (χ4v) is 3.16. The minimum atomic E-state index is -0.254. The highest BCUT2D eigenvalue weighted by Gasteiger charge is 2.12. The summed E-state index contributed by atoms with van der Waals surface area (Å²) in [6, 6.07) is 12.3. The maximum Gasteiger partial charge on any atom is 0.257 e. The van der Waals surface area contributed by atoms with Gasteiger partial charge in [-0.2, -0.15) is 0 Å². The predicted molar refractivity (Wildman–Crippen MR) is 100 cm³/mol. The third kappa shape index (κ3) is 3.92. The van der Waals surface area contributed by atoms with Crippen molar-refractivity contribution in [2.45, 2.75) is 0 Å². The van der Waals surface area contributed by atoms with E-state index in [0.29, 0.717) is 27.2 Å². The molecule has 1 N–H and O–H groups in total. The van der Waals surface area contributed by atoms with Gasteiger partial charge in [-0.1, -0.05) is 17.7 Å². The van der Waals surface area contributed by atoms with Crippen molar-refractivity contribution >= 4 is 34.0 Å². The van der Waals surface area contributed by atoms with Gasteiger partial charge in [-0.15, -0.1) is 11.3 Å². The van der Waals surface area contributed by atoms with Crippen LogP contribution in [0.4, 0.5) is 5.13 Å². The second-order valence-electron chi connectivity index (χ2n) is 5.07. The second kappa shape index (κ2) is 7.55. The van der Waals surface area contributed by atoms with E-state index in [0.717, 1.165) is 11.3 Å². The highest BCUT2D eigenvalue weighted by molar-refractivity contribution is 7.14. The van der Waals surface area contributed by atoms with Crippen LogP contribution in [0.2, 0.25) is 5.02 Å². The molecule has 7 heteroatoms. The van der Waals surface area contributed by atoms with Crippen LogP contribution in [0.15, 0.2) is 47.8 Å². The maximum absolute atomic E-state index is 12.3. The molecule has 0 atom stereocenters. The third-order valence-corrected chi connectivity index (χ3v) is 4.48. The zero-order valence-electron chi connectivity index (χ0n) is 13.6. The molecule has 1 amide bonds. The molecule has 0 unspecified atom stereocenters. The van der Waals surface area contributed by atoms with Gasteiger partial charge in [0.25, 0.3) is 5.91 Å². The lowest BCUT2D eigenvalue weighted by Crippen LogP contribution is -2.11. The molecule has 0 bridgehead atoms. The monoisotopic (exact) mass is 374 g/mol. The molecule has 2 aromatic carbocycles. The number of anilines is 1. The number of hydrogen-bond donors (Lipinski definition) is 1. The van der Waals surface area contributed by atoms with Crippen LogP contribution in [0.1, 0.15) is 10.4 Å². The van der Waals surface area contributed by atoms with E-state index < -0.39 is 0 Å². The molecule has 0 aliphatic rings. The summed E-state index contributed by atoms with van der Waals surface area (Å²) in [6.07, 6.45) is 0. The van der Waals surface area contributed by atoms with E-state index in [1.807, 2.05) is 23.6 Å². The molecule has 5 nitrogen and oxygen atoms in total. The topological polar surface area (TPSA) is 60.5 Å². The summed E-state index contributed by atoms with van der Waals surface area (Å²) < 4.78 is 10.5. The molecule has 0 saturated carbocycles. The van der Waals surface area contributed by atoms with Crippen molar-refractivity contribution in [3.63, 3.8) is 0 Å². The van der Waals surface area contributed by atoms with Crippen molar-refractivity contribution < 1.29 is 14.3 Å². The van der Waals surface area contributed by atoms with Crippen LogP contribution in [0, 0.1) is 0 Å². The SMILES string of the molecule is COc1ccc(-c2csc(NC(=O)c3cccc(Cl)c3)n2)cc1OC. The lowest BCUT2D eigenvalue weighted by molar-refractivity contribution is 0.102. The first-order valence-electron chi connectivity index (χ1n) is 7.35. The van der Waals surface area contributed by atoms with Gasteiger partial charge in [-0.05, 0) is 36.4 Å². The van der Waals surface area contributed by atoms with Crippen LogP contribution in [-0.4, -0.2) is 25.1 Å². The summed E-state index contributed by atoms with van der Waals surface area (Å²) in [7, 11) is 3.17. The smallest absolute Gasteiger partial charge is 0.257 e. The van der Waals surface area contributed by atoms with Crippen LogP contribution in [0.3, 0.4) is 0 Å². The molecular formula is C18H15ClN2O3S. The van der Waals surface area contributed by atoms with Crippen molar-refractivity contribution in [1.29, 1.82) is 0 Å². The molecule has 25 heavy (non-hydrogen) atoms. The summed E-state index contributed by atoms with van der Waals surface area (Å²) in [5, 5.41) is 5.67. The Morgan fingerprint density at radius 2 is 1.92 bits per heavy atom. The number of thiazole rings is 1. The molecule has 0 aliphatic heterocycles. The number of carbonyl (C=O) groups is 1. The number of benzene rings is 2. The van der Waals surface area contributed by atoms with Crippen molar-refractivity contribution in [1.82, 2.24) is 4.98 Å². The number of amides is 1. The number of methoxy groups -OCH3 is 2. The standard InChI is InChI=1S/C18H15ClN2O3S/c1-23-15-7-6-11(9-16(15)24-2)14-10-25-18(20-14)21-17(22)12-4-3-5-13(19)8-12/h3-10H,1-2H3,(H,20,21,22). The van der Waals surface area contributed by atoms with Crippen LogP contribution >= 0.6 is 22.9 Å². The number of hydrogen-bond acceptors (Lipinski definition) is 5. The van der Waals surface area contributed by atoms with Crippen molar-refractivity contribution in [2.75, 3.05) is 19.5 Å². The molecule has 128 valence electrons. The van der Waals surface area contributed by atoms with E-state index in [2.05, 4.69) is 10.3 Å². The Balaban J connectivity index is 1.79. The number of nitrogens with zero attached hydrogens (tertiary/aromatic N) is 1. The van der Waals surface area contributed by atoms with Crippen LogP contribution in [0.5, 0.6) is 11.5 Å². The molecular weight excluding hydrogens is 360 g/mol. The minimum absolute atomic E-state index is 0.254. The van der Waals surface area contributed by atoms with Gasteiger partial charge in [0.05, 0.1) is 19.9 Å². The lowest BCUT2D eigenvalue weighted by Gasteiger charge is -2.08. The summed E-state index contributed by atoms with van der Waals surface area (Å²) in [6.45, 7) is 0. The zero-order chi connectivity index (χ0) is 17.8. The molecule has 1 aromatic heterocycles. The maximum atomic E-state index is 12.3. The first-order valence-corrected chi connectivity index (χ1v) is 8.61. The predicted octanol–water partition coefficient (Wildman–Crippen LogP) is 4.73. The number of ether oxygens (including phenoxy) is 2. The Labute approximate surface area is 154 Å². The van der Waals surface area contributed by atoms with E-state index in [9.17, 15) is 4.79 Å². The zero-order valence-corrected chi connectivity index (χ0v) is 15.1. The quantitative estimate of drug-likeness (QED) is 0.701. The van der Waals surface area contributed by atoms with Gasteiger partial charge in [0.2, 0.25) is 0 Å². The van der Waals surface area contributed by atoms with E-state index >= 15 is 0 Å². The normalized spacial score (nSPS) is 10.4. The Morgan fingerprint density at radius 1 is 1.12 bits per heavy atom. The van der Waals surface area contributed by atoms with E-state index in [-0.39, 0.29) is 5.91 Å². The number of aromatic nitrogens is 1. The average molecular weight is 375 g/mol. The Morgan fingerprint density at radius 3 is 2.64 bits per heavy atom. The molecule has 0 saturated heterocycles. The minimum Gasteiger partial charge on any atom is -0.493 e. The van der Waals surface area contributed by atoms with Crippen LogP contribution < -0.4 is 14.8 Å². The summed E-state index contributed by atoms with van der Waals surface area (Å²) in [4.78, 5) is 16.7. The fourth-order valence-electron chi connectivity index (χ4n) is 2.26. The number of carbonyl (C=O) groups excluding carboxylic acids is 1. The summed E-state index contributed by atoms with van der Waals surface area (Å²) in [5.74, 6) is 1.02. The summed E-state index contributed by atoms with van der Waals surface area (Å²) >= 11 is 7.26. The third-order valence-electron chi connectivity index (χ3n) is 3.49. The Bertz CT molecular complexity index is 911. The first kappa shape index (κ1) is 17.3. The fraction of sp³-hybridized carbons (Fsp3) is 0.111. The second-order valence-corrected chi connectivity index (χ2v) is 6.37. The molecule has 0 radical (unpaired) electrons. The molecule has 0 spiro atoms. The van der Waals surface area contributed by atoms with Crippen molar-refractivity contribution in [2.24, 2.45) is 0 Å². The van der Waals surface area contributed by atoms with E-state index in [1.54, 1.807) is 38.5 Å². The summed E-state index contributed by atoms with van der Waals surface area (Å²) in [5.41, 5.74) is 2.10. The van der Waals surface area contributed by atoms with Gasteiger partial charge in [0.15, 0.2) is 16.6 Å². The number of rotatable bonds is 5. The Kier molecular flexibility index (Phi) is 5.21. The molecule has 1 heterocycles. The van der Waals surface area contributed by atoms with Gasteiger partial charge in [0, 0.05) is 21.5 Å². The van der Waals surface area contributed by atoms with Gasteiger partial charge < -0.3 is 9.47 Å². The van der Waals surface area contributed by atoms with Crippen molar-refractivity contribution in [3.05, 3.63) is 58.4 Å². The van der Waals surface area contributed by atoms with Crippen molar-refractivity contribution in [3.8, 4) is 22.8 Å². The first-order chi connectivity index (χ1) is 12.1. The Hall–Kier alpha value is -2.57. The van der Waals surface area contributed by atoms with E-state index in [1.165, 1.54) is 11.3 Å². The number of nitrogens with one attached hydrogen (secondary N) is 1. The van der Waals surface area contributed by atoms with Gasteiger partial charge >= 0.3 is 0 Å². The highest BCUT2D eigenvalue weighted by atomic mass is 35.5.